The van der Waals surface area contributed by atoms with Gasteiger partial charge in [-0.15, -0.1) is 12.4 Å². The van der Waals surface area contributed by atoms with Crippen LogP contribution in [-0.4, -0.2) is 38.4 Å². The molecule has 2 N–H and O–H groups in total. The Morgan fingerprint density at radius 3 is 3.06 bits per heavy atom. The lowest BCUT2D eigenvalue weighted by Gasteiger charge is -2.12. The summed E-state index contributed by atoms with van der Waals surface area (Å²) >= 11 is 0. The van der Waals surface area contributed by atoms with Crippen LogP contribution in [0.5, 0.6) is 0 Å². The summed E-state index contributed by atoms with van der Waals surface area (Å²) in [6.45, 7) is 2.92. The first-order valence-corrected chi connectivity index (χ1v) is 5.58. The third-order valence-electron chi connectivity index (χ3n) is 2.98. The molecule has 17 heavy (non-hydrogen) atoms. The Balaban J connectivity index is 0.00000108. The van der Waals surface area contributed by atoms with Gasteiger partial charge in [-0.3, -0.25) is 9.30 Å². The van der Waals surface area contributed by atoms with Crippen molar-refractivity contribution in [2.75, 3.05) is 13.1 Å². The number of hydrogen-bond donors (Lipinski definition) is 1. The van der Waals surface area contributed by atoms with E-state index in [9.17, 15) is 0 Å². The van der Waals surface area contributed by atoms with E-state index in [1.165, 1.54) is 0 Å². The molecular weight excluding hydrogens is 238 g/mol. The Labute approximate surface area is 106 Å². The Morgan fingerprint density at radius 2 is 2.35 bits per heavy atom. The minimum atomic E-state index is 0. The van der Waals surface area contributed by atoms with Gasteiger partial charge in [-0.2, -0.15) is 0 Å². The van der Waals surface area contributed by atoms with E-state index in [0.29, 0.717) is 6.04 Å². The second-order valence-electron chi connectivity index (χ2n) is 4.34. The molecule has 1 saturated heterocycles. The van der Waals surface area contributed by atoms with Crippen molar-refractivity contribution in [3.63, 3.8) is 0 Å². The van der Waals surface area contributed by atoms with Crippen LogP contribution in [0.15, 0.2) is 24.7 Å². The predicted octanol–water partition coefficient (Wildman–Crippen LogP) is 0.684. The molecule has 1 atom stereocenters. The van der Waals surface area contributed by atoms with Crippen molar-refractivity contribution in [1.29, 1.82) is 0 Å². The van der Waals surface area contributed by atoms with Gasteiger partial charge in [0.2, 0.25) is 5.78 Å². The van der Waals surface area contributed by atoms with Gasteiger partial charge in [-0.05, 0) is 12.5 Å². The molecule has 6 heteroatoms. The maximum atomic E-state index is 5.87. The molecule has 1 fully saturated rings. The minimum absolute atomic E-state index is 0. The van der Waals surface area contributed by atoms with Gasteiger partial charge in [0.25, 0.3) is 0 Å². The quantitative estimate of drug-likeness (QED) is 0.855. The predicted molar refractivity (Wildman–Crippen MR) is 68.1 cm³/mol. The molecule has 92 valence electrons. The fourth-order valence-electron chi connectivity index (χ4n) is 2.19. The van der Waals surface area contributed by atoms with Crippen LogP contribution in [0.3, 0.4) is 0 Å². The molecule has 0 spiro atoms. The summed E-state index contributed by atoms with van der Waals surface area (Å²) in [6.07, 6.45) is 6.85. The normalized spacial score (nSPS) is 20.6. The van der Waals surface area contributed by atoms with Crippen LogP contribution in [0.25, 0.3) is 5.78 Å². The number of aromatic nitrogens is 3. The van der Waals surface area contributed by atoms with Gasteiger partial charge in [-0.25, -0.2) is 9.97 Å². The molecule has 0 aromatic carbocycles. The first kappa shape index (κ1) is 12.3. The lowest BCUT2D eigenvalue weighted by Crippen LogP contribution is -2.26. The van der Waals surface area contributed by atoms with Crippen molar-refractivity contribution < 1.29 is 0 Å². The summed E-state index contributed by atoms with van der Waals surface area (Å²) in [6, 6.07) is 2.24. The molecule has 3 heterocycles. The third kappa shape index (κ3) is 2.57. The van der Waals surface area contributed by atoms with E-state index in [-0.39, 0.29) is 12.4 Å². The van der Waals surface area contributed by atoms with Gasteiger partial charge in [0.15, 0.2) is 0 Å². The summed E-state index contributed by atoms with van der Waals surface area (Å²) in [5, 5.41) is 0. The third-order valence-corrected chi connectivity index (χ3v) is 2.98. The molecular formula is C11H16ClN5. The molecule has 0 amide bonds. The summed E-state index contributed by atoms with van der Waals surface area (Å²) in [4.78, 5) is 11.0. The standard InChI is InChI=1S/C11H15N5.ClH/c12-9-2-5-15(6-9)7-10-8-16-4-1-3-13-11(16)14-10;/h1,3-4,8-9H,2,5-7,12H2;1H/t9-;/m1./s1. The number of likely N-dealkylation sites (tertiary alicyclic amines) is 1. The van der Waals surface area contributed by atoms with E-state index < -0.39 is 0 Å². The van der Waals surface area contributed by atoms with E-state index in [1.807, 2.05) is 22.9 Å². The van der Waals surface area contributed by atoms with Crippen molar-refractivity contribution in [2.24, 2.45) is 5.73 Å². The molecule has 1 aliphatic rings. The van der Waals surface area contributed by atoms with Crippen LogP contribution < -0.4 is 5.73 Å². The average Bonchev–Trinajstić information content (AvgIpc) is 2.84. The number of hydrogen-bond acceptors (Lipinski definition) is 4. The molecule has 0 bridgehead atoms. The smallest absolute Gasteiger partial charge is 0.233 e. The molecule has 0 aliphatic carbocycles. The fourth-order valence-corrected chi connectivity index (χ4v) is 2.19. The number of imidazole rings is 1. The van der Waals surface area contributed by atoms with Gasteiger partial charge >= 0.3 is 0 Å². The van der Waals surface area contributed by atoms with E-state index in [2.05, 4.69) is 14.9 Å². The highest BCUT2D eigenvalue weighted by Crippen LogP contribution is 2.11. The summed E-state index contributed by atoms with van der Waals surface area (Å²) in [5.41, 5.74) is 6.94. The second-order valence-corrected chi connectivity index (χ2v) is 4.34. The molecule has 0 saturated carbocycles. The SMILES string of the molecule is Cl.N[C@@H]1CCN(Cc2cn3cccnc3n2)C1. The number of rotatable bonds is 2. The molecule has 0 radical (unpaired) electrons. The fraction of sp³-hybridized carbons (Fsp3) is 0.455. The monoisotopic (exact) mass is 253 g/mol. The van der Waals surface area contributed by atoms with E-state index in [1.54, 1.807) is 6.20 Å². The van der Waals surface area contributed by atoms with Gasteiger partial charge in [0.1, 0.15) is 0 Å². The number of fused-ring (bicyclic) bond motifs is 1. The van der Waals surface area contributed by atoms with Crippen LogP contribution in [0.2, 0.25) is 0 Å². The highest BCUT2D eigenvalue weighted by Gasteiger charge is 2.19. The first-order valence-electron chi connectivity index (χ1n) is 5.58. The van der Waals surface area contributed by atoms with Crippen LogP contribution >= 0.6 is 12.4 Å². The summed E-state index contributed by atoms with van der Waals surface area (Å²) in [5.74, 6) is 0.765. The lowest BCUT2D eigenvalue weighted by atomic mass is 10.3. The van der Waals surface area contributed by atoms with E-state index >= 15 is 0 Å². The number of nitrogens with two attached hydrogens (primary N) is 1. The topological polar surface area (TPSA) is 59.5 Å². The first-order chi connectivity index (χ1) is 7.81. The molecule has 2 aromatic rings. The highest BCUT2D eigenvalue weighted by atomic mass is 35.5. The zero-order valence-electron chi connectivity index (χ0n) is 9.49. The average molecular weight is 254 g/mol. The molecule has 2 aromatic heterocycles. The number of nitrogens with zero attached hydrogens (tertiary/aromatic N) is 4. The largest absolute Gasteiger partial charge is 0.326 e. The Hall–Kier alpha value is -1.17. The Bertz CT molecular complexity index is 464. The van der Waals surface area contributed by atoms with Crippen molar-refractivity contribution in [2.45, 2.75) is 19.0 Å². The lowest BCUT2D eigenvalue weighted by molar-refractivity contribution is 0.323. The van der Waals surface area contributed by atoms with Crippen molar-refractivity contribution in [3.05, 3.63) is 30.4 Å². The molecule has 0 unspecified atom stereocenters. The van der Waals surface area contributed by atoms with Gasteiger partial charge in [-0.1, -0.05) is 0 Å². The van der Waals surface area contributed by atoms with E-state index in [4.69, 9.17) is 5.73 Å². The number of halogens is 1. The Morgan fingerprint density at radius 1 is 1.47 bits per heavy atom. The van der Waals surface area contributed by atoms with Crippen LogP contribution in [-0.2, 0) is 6.54 Å². The van der Waals surface area contributed by atoms with Crippen molar-refractivity contribution in [1.82, 2.24) is 19.3 Å². The summed E-state index contributed by atoms with van der Waals surface area (Å²) in [7, 11) is 0. The zero-order chi connectivity index (χ0) is 11.0. The van der Waals surface area contributed by atoms with Gasteiger partial charge in [0.05, 0.1) is 5.69 Å². The van der Waals surface area contributed by atoms with Crippen LogP contribution in [0, 0.1) is 0 Å². The second kappa shape index (κ2) is 5.00. The maximum Gasteiger partial charge on any atom is 0.233 e. The molecule has 1 aliphatic heterocycles. The minimum Gasteiger partial charge on any atom is -0.326 e. The van der Waals surface area contributed by atoms with Crippen LogP contribution in [0.1, 0.15) is 12.1 Å². The molecule has 5 nitrogen and oxygen atoms in total. The van der Waals surface area contributed by atoms with Crippen molar-refractivity contribution in [3.8, 4) is 0 Å². The summed E-state index contributed by atoms with van der Waals surface area (Å²) < 4.78 is 1.95. The van der Waals surface area contributed by atoms with Gasteiger partial charge in [0, 0.05) is 44.3 Å². The molecule has 3 rings (SSSR count). The highest BCUT2D eigenvalue weighted by molar-refractivity contribution is 5.85. The van der Waals surface area contributed by atoms with Crippen molar-refractivity contribution >= 4 is 18.2 Å². The maximum absolute atomic E-state index is 5.87. The van der Waals surface area contributed by atoms with Gasteiger partial charge < -0.3 is 5.73 Å². The zero-order valence-corrected chi connectivity index (χ0v) is 10.3. The van der Waals surface area contributed by atoms with E-state index in [0.717, 1.165) is 37.5 Å². The van der Waals surface area contributed by atoms with Crippen LogP contribution in [0.4, 0.5) is 0 Å². The Kier molecular flexibility index (Phi) is 3.61.